The molecule has 1 saturated heterocycles. The Hall–Kier alpha value is -3.19. The molecule has 4 rings (SSSR count). The van der Waals surface area contributed by atoms with Crippen molar-refractivity contribution in [2.45, 2.75) is 6.54 Å². The lowest BCUT2D eigenvalue weighted by Crippen LogP contribution is -2.46. The highest BCUT2D eigenvalue weighted by molar-refractivity contribution is 5.47. The zero-order valence-corrected chi connectivity index (χ0v) is 17.7. The molecule has 2 heterocycles. The molecule has 0 atom stereocenters. The first kappa shape index (κ1) is 20.1. The summed E-state index contributed by atoms with van der Waals surface area (Å²) in [6.07, 6.45) is 3.85. The molecule has 30 heavy (non-hydrogen) atoms. The summed E-state index contributed by atoms with van der Waals surface area (Å²) in [5, 5.41) is 0. The fraction of sp³-hybridized carbons (Fsp3) is 0.348. The van der Waals surface area contributed by atoms with Crippen LogP contribution in [0.3, 0.4) is 0 Å². The van der Waals surface area contributed by atoms with Crippen molar-refractivity contribution in [1.82, 2.24) is 14.5 Å². The number of rotatable bonds is 7. The molecule has 2 aromatic carbocycles. The summed E-state index contributed by atoms with van der Waals surface area (Å²) in [5.41, 5.74) is 2.24. The van der Waals surface area contributed by atoms with Gasteiger partial charge in [0.1, 0.15) is 17.2 Å². The molecule has 0 spiro atoms. The second-order valence-corrected chi connectivity index (χ2v) is 7.28. The van der Waals surface area contributed by atoms with E-state index in [1.165, 1.54) is 5.56 Å². The standard InChI is InChI=1S/C23H28N4O3/c1-28-20-6-4-5-19(15-20)27-8-7-24-23(27)26-11-9-25(10-12-26)17-18-13-21(29-2)16-22(14-18)30-3/h4-8,13-16H,9-12,17H2,1-3H3. The van der Waals surface area contributed by atoms with E-state index in [4.69, 9.17) is 14.2 Å². The van der Waals surface area contributed by atoms with Crippen LogP contribution in [0.25, 0.3) is 5.69 Å². The highest BCUT2D eigenvalue weighted by Crippen LogP contribution is 2.25. The summed E-state index contributed by atoms with van der Waals surface area (Å²) in [4.78, 5) is 9.41. The number of methoxy groups -OCH3 is 3. The van der Waals surface area contributed by atoms with Crippen molar-refractivity contribution in [1.29, 1.82) is 0 Å². The summed E-state index contributed by atoms with van der Waals surface area (Å²) in [5.74, 6) is 3.45. The first-order valence-electron chi connectivity index (χ1n) is 10.1. The van der Waals surface area contributed by atoms with Crippen LogP contribution in [0.2, 0.25) is 0 Å². The maximum atomic E-state index is 5.40. The lowest BCUT2D eigenvalue weighted by molar-refractivity contribution is 0.248. The van der Waals surface area contributed by atoms with Crippen LogP contribution in [0, 0.1) is 0 Å². The van der Waals surface area contributed by atoms with Crippen molar-refractivity contribution < 1.29 is 14.2 Å². The summed E-state index contributed by atoms with van der Waals surface area (Å²) < 4.78 is 18.3. The summed E-state index contributed by atoms with van der Waals surface area (Å²) in [6, 6.07) is 14.1. The van der Waals surface area contributed by atoms with Gasteiger partial charge in [-0.2, -0.15) is 0 Å². The van der Waals surface area contributed by atoms with Crippen molar-refractivity contribution in [3.05, 3.63) is 60.4 Å². The van der Waals surface area contributed by atoms with Crippen molar-refractivity contribution in [2.75, 3.05) is 52.4 Å². The Kier molecular flexibility index (Phi) is 6.09. The average Bonchev–Trinajstić information content (AvgIpc) is 3.29. The van der Waals surface area contributed by atoms with Gasteiger partial charge >= 0.3 is 0 Å². The second kappa shape index (κ2) is 9.09. The van der Waals surface area contributed by atoms with E-state index in [9.17, 15) is 0 Å². The van der Waals surface area contributed by atoms with Gasteiger partial charge in [0, 0.05) is 57.3 Å². The number of aromatic nitrogens is 2. The highest BCUT2D eigenvalue weighted by Gasteiger charge is 2.21. The number of piperazine rings is 1. The molecule has 1 fully saturated rings. The van der Waals surface area contributed by atoms with Gasteiger partial charge in [0.15, 0.2) is 0 Å². The maximum absolute atomic E-state index is 5.40. The topological polar surface area (TPSA) is 52.0 Å². The molecular formula is C23H28N4O3. The van der Waals surface area contributed by atoms with Gasteiger partial charge < -0.3 is 19.1 Å². The molecule has 3 aromatic rings. The molecule has 1 aliphatic heterocycles. The Labute approximate surface area is 177 Å². The third-order valence-electron chi connectivity index (χ3n) is 5.43. The molecule has 1 aliphatic rings. The minimum absolute atomic E-state index is 0.823. The van der Waals surface area contributed by atoms with E-state index < -0.39 is 0 Å². The summed E-state index contributed by atoms with van der Waals surface area (Å²) in [6.45, 7) is 4.63. The predicted molar refractivity (Wildman–Crippen MR) is 117 cm³/mol. The first-order valence-corrected chi connectivity index (χ1v) is 10.1. The Morgan fingerprint density at radius 2 is 1.53 bits per heavy atom. The Morgan fingerprint density at radius 3 is 2.20 bits per heavy atom. The van der Waals surface area contributed by atoms with Gasteiger partial charge in [0.25, 0.3) is 0 Å². The van der Waals surface area contributed by atoms with Gasteiger partial charge in [0.2, 0.25) is 5.95 Å². The monoisotopic (exact) mass is 408 g/mol. The Balaban J connectivity index is 1.43. The lowest BCUT2D eigenvalue weighted by Gasteiger charge is -2.35. The van der Waals surface area contributed by atoms with Crippen LogP contribution in [-0.4, -0.2) is 62.0 Å². The number of ether oxygens (including phenoxy) is 3. The van der Waals surface area contributed by atoms with Gasteiger partial charge in [0.05, 0.1) is 27.0 Å². The normalized spacial score (nSPS) is 14.6. The van der Waals surface area contributed by atoms with E-state index in [1.807, 2.05) is 36.7 Å². The van der Waals surface area contributed by atoms with Crippen LogP contribution in [0.4, 0.5) is 5.95 Å². The SMILES string of the molecule is COc1cc(CN2CCN(c3nccn3-c3cccc(OC)c3)CC2)cc(OC)c1. The van der Waals surface area contributed by atoms with Crippen molar-refractivity contribution in [3.8, 4) is 22.9 Å². The number of hydrogen-bond donors (Lipinski definition) is 0. The largest absolute Gasteiger partial charge is 0.497 e. The van der Waals surface area contributed by atoms with Crippen LogP contribution < -0.4 is 19.1 Å². The molecule has 0 bridgehead atoms. The number of hydrogen-bond acceptors (Lipinski definition) is 6. The van der Waals surface area contributed by atoms with Crippen molar-refractivity contribution in [2.24, 2.45) is 0 Å². The molecule has 0 unspecified atom stereocenters. The van der Waals surface area contributed by atoms with Gasteiger partial charge in [-0.3, -0.25) is 9.47 Å². The zero-order chi connectivity index (χ0) is 20.9. The van der Waals surface area contributed by atoms with Crippen LogP contribution in [0.5, 0.6) is 17.2 Å². The molecule has 0 radical (unpaired) electrons. The number of benzene rings is 2. The minimum atomic E-state index is 0.823. The van der Waals surface area contributed by atoms with E-state index in [2.05, 4.69) is 37.5 Å². The van der Waals surface area contributed by atoms with Crippen LogP contribution in [0.15, 0.2) is 54.9 Å². The molecule has 1 aromatic heterocycles. The quantitative estimate of drug-likeness (QED) is 0.598. The Bertz CT molecular complexity index is 958. The van der Waals surface area contributed by atoms with Crippen LogP contribution in [0.1, 0.15) is 5.56 Å². The van der Waals surface area contributed by atoms with E-state index in [-0.39, 0.29) is 0 Å². The molecule has 0 aliphatic carbocycles. The predicted octanol–water partition coefficient (Wildman–Crippen LogP) is 3.22. The number of anilines is 1. The molecule has 0 saturated carbocycles. The van der Waals surface area contributed by atoms with Crippen molar-refractivity contribution in [3.63, 3.8) is 0 Å². The first-order chi connectivity index (χ1) is 14.7. The highest BCUT2D eigenvalue weighted by atomic mass is 16.5. The van der Waals surface area contributed by atoms with E-state index in [0.717, 1.165) is 61.6 Å². The molecule has 7 heteroatoms. The maximum Gasteiger partial charge on any atom is 0.210 e. The third kappa shape index (κ3) is 4.36. The van der Waals surface area contributed by atoms with Gasteiger partial charge in [-0.05, 0) is 29.8 Å². The molecule has 7 nitrogen and oxygen atoms in total. The lowest BCUT2D eigenvalue weighted by atomic mass is 10.1. The van der Waals surface area contributed by atoms with Gasteiger partial charge in [-0.25, -0.2) is 4.98 Å². The molecule has 0 amide bonds. The molecular weight excluding hydrogens is 380 g/mol. The second-order valence-electron chi connectivity index (χ2n) is 7.28. The van der Waals surface area contributed by atoms with Crippen molar-refractivity contribution >= 4 is 5.95 Å². The molecule has 0 N–H and O–H groups in total. The van der Waals surface area contributed by atoms with E-state index in [0.29, 0.717) is 0 Å². The van der Waals surface area contributed by atoms with Crippen LogP contribution in [-0.2, 0) is 6.54 Å². The zero-order valence-electron chi connectivity index (χ0n) is 17.7. The fourth-order valence-corrected chi connectivity index (χ4v) is 3.81. The summed E-state index contributed by atoms with van der Waals surface area (Å²) in [7, 11) is 5.05. The number of nitrogens with zero attached hydrogens (tertiary/aromatic N) is 4. The molecule has 158 valence electrons. The van der Waals surface area contributed by atoms with E-state index >= 15 is 0 Å². The Morgan fingerprint density at radius 1 is 0.833 bits per heavy atom. The third-order valence-corrected chi connectivity index (χ3v) is 5.43. The number of imidazole rings is 1. The smallest absolute Gasteiger partial charge is 0.210 e. The van der Waals surface area contributed by atoms with Crippen LogP contribution >= 0.6 is 0 Å². The average molecular weight is 409 g/mol. The minimum Gasteiger partial charge on any atom is -0.497 e. The van der Waals surface area contributed by atoms with Gasteiger partial charge in [-0.1, -0.05) is 6.07 Å². The summed E-state index contributed by atoms with van der Waals surface area (Å²) >= 11 is 0. The van der Waals surface area contributed by atoms with E-state index in [1.54, 1.807) is 21.3 Å². The fourth-order valence-electron chi connectivity index (χ4n) is 3.81. The van der Waals surface area contributed by atoms with Gasteiger partial charge in [-0.15, -0.1) is 0 Å².